The Labute approximate surface area is 100 Å². The van der Waals surface area contributed by atoms with Crippen molar-refractivity contribution in [1.82, 2.24) is 5.32 Å². The van der Waals surface area contributed by atoms with Crippen LogP contribution in [0.1, 0.15) is 23.7 Å². The van der Waals surface area contributed by atoms with Crippen molar-refractivity contribution in [3.63, 3.8) is 0 Å². The van der Waals surface area contributed by atoms with E-state index in [4.69, 9.17) is 5.73 Å². The minimum atomic E-state index is -0.319. The summed E-state index contributed by atoms with van der Waals surface area (Å²) in [5.41, 5.74) is 5.65. The van der Waals surface area contributed by atoms with Crippen LogP contribution < -0.4 is 11.1 Å². The highest BCUT2D eigenvalue weighted by Crippen LogP contribution is 2.20. The molecular weight excluding hydrogens is 220 g/mol. The Morgan fingerprint density at radius 2 is 1.94 bits per heavy atom. The van der Waals surface area contributed by atoms with Crippen LogP contribution in [0.15, 0.2) is 18.2 Å². The zero-order chi connectivity index (χ0) is 12.8. The number of hydrogen-bond acceptors (Lipinski definition) is 4. The van der Waals surface area contributed by atoms with E-state index in [1.807, 2.05) is 6.92 Å². The van der Waals surface area contributed by atoms with Crippen molar-refractivity contribution in [1.29, 1.82) is 0 Å². The molecule has 0 bridgehead atoms. The Kier molecular flexibility index (Phi) is 4.78. The Morgan fingerprint density at radius 1 is 1.35 bits per heavy atom. The molecule has 5 heteroatoms. The molecule has 0 aliphatic rings. The molecule has 0 aliphatic heterocycles. The summed E-state index contributed by atoms with van der Waals surface area (Å²) in [5, 5.41) is 21.2. The van der Waals surface area contributed by atoms with Crippen molar-refractivity contribution in [2.24, 2.45) is 11.7 Å². The summed E-state index contributed by atoms with van der Waals surface area (Å²) >= 11 is 0. The number of nitrogens with one attached hydrogen (secondary N) is 1. The van der Waals surface area contributed by atoms with Gasteiger partial charge in [0, 0.05) is 18.2 Å². The van der Waals surface area contributed by atoms with Gasteiger partial charge in [-0.2, -0.15) is 0 Å². The largest absolute Gasteiger partial charge is 0.508 e. The molecule has 5 nitrogen and oxygen atoms in total. The maximum absolute atomic E-state index is 11.7. The molecule has 1 aromatic rings. The summed E-state index contributed by atoms with van der Waals surface area (Å²) in [4.78, 5) is 11.7. The van der Waals surface area contributed by atoms with Gasteiger partial charge in [-0.05, 0) is 31.0 Å². The number of carbonyl (C=O) groups is 1. The molecule has 1 rings (SSSR count). The van der Waals surface area contributed by atoms with Crippen molar-refractivity contribution in [2.75, 3.05) is 13.1 Å². The molecule has 0 saturated carbocycles. The Morgan fingerprint density at radius 3 is 2.47 bits per heavy atom. The Hall–Kier alpha value is -1.75. The minimum absolute atomic E-state index is 0.134. The SMILES string of the molecule is CC(CCN)CNC(=O)c1cc(O)cc(O)c1. The summed E-state index contributed by atoms with van der Waals surface area (Å²) in [7, 11) is 0. The van der Waals surface area contributed by atoms with E-state index in [2.05, 4.69) is 5.32 Å². The lowest BCUT2D eigenvalue weighted by molar-refractivity contribution is 0.0947. The Bertz CT molecular complexity index is 373. The second-order valence-electron chi connectivity index (χ2n) is 4.13. The molecule has 1 amide bonds. The van der Waals surface area contributed by atoms with Crippen LogP contribution >= 0.6 is 0 Å². The number of hydrogen-bond donors (Lipinski definition) is 4. The summed E-state index contributed by atoms with van der Waals surface area (Å²) < 4.78 is 0. The second kappa shape index (κ2) is 6.10. The average Bonchev–Trinajstić information content (AvgIpc) is 2.25. The van der Waals surface area contributed by atoms with E-state index in [0.29, 0.717) is 19.0 Å². The van der Waals surface area contributed by atoms with Gasteiger partial charge in [0.1, 0.15) is 11.5 Å². The van der Waals surface area contributed by atoms with Crippen LogP contribution in [0.3, 0.4) is 0 Å². The first-order chi connectivity index (χ1) is 8.02. The van der Waals surface area contributed by atoms with E-state index in [1.54, 1.807) is 0 Å². The van der Waals surface area contributed by atoms with Crippen LogP contribution in [-0.4, -0.2) is 29.2 Å². The molecule has 17 heavy (non-hydrogen) atoms. The van der Waals surface area contributed by atoms with E-state index in [1.165, 1.54) is 18.2 Å². The second-order valence-corrected chi connectivity index (χ2v) is 4.13. The normalized spacial score (nSPS) is 12.1. The standard InChI is InChI=1S/C12H18N2O3/c1-8(2-3-13)7-14-12(17)9-4-10(15)6-11(16)5-9/h4-6,8,15-16H,2-3,7,13H2,1H3,(H,14,17). The molecule has 0 fully saturated rings. The van der Waals surface area contributed by atoms with Crippen molar-refractivity contribution >= 4 is 5.91 Å². The molecule has 0 radical (unpaired) electrons. The van der Waals surface area contributed by atoms with Crippen LogP contribution in [0.4, 0.5) is 0 Å². The molecule has 0 saturated heterocycles. The van der Waals surface area contributed by atoms with Crippen molar-refractivity contribution in [3.8, 4) is 11.5 Å². The first-order valence-corrected chi connectivity index (χ1v) is 5.54. The summed E-state index contributed by atoms with van der Waals surface area (Å²) in [6.45, 7) is 3.10. The monoisotopic (exact) mass is 238 g/mol. The molecule has 1 atom stereocenters. The lowest BCUT2D eigenvalue weighted by Gasteiger charge is -2.11. The Balaban J connectivity index is 2.58. The van der Waals surface area contributed by atoms with Gasteiger partial charge in [-0.3, -0.25) is 4.79 Å². The van der Waals surface area contributed by atoms with Gasteiger partial charge in [0.15, 0.2) is 0 Å². The summed E-state index contributed by atoms with van der Waals surface area (Å²) in [6, 6.07) is 3.79. The van der Waals surface area contributed by atoms with Gasteiger partial charge in [0.25, 0.3) is 5.91 Å². The number of phenols is 2. The molecule has 0 spiro atoms. The third-order valence-corrected chi connectivity index (χ3v) is 2.44. The number of aromatic hydroxyl groups is 2. The van der Waals surface area contributed by atoms with Crippen molar-refractivity contribution < 1.29 is 15.0 Å². The van der Waals surface area contributed by atoms with Gasteiger partial charge in [-0.1, -0.05) is 6.92 Å². The van der Waals surface area contributed by atoms with Crippen LogP contribution in [-0.2, 0) is 0 Å². The third kappa shape index (κ3) is 4.32. The minimum Gasteiger partial charge on any atom is -0.508 e. The molecule has 5 N–H and O–H groups in total. The fourth-order valence-electron chi connectivity index (χ4n) is 1.48. The zero-order valence-corrected chi connectivity index (χ0v) is 9.81. The fraction of sp³-hybridized carbons (Fsp3) is 0.417. The van der Waals surface area contributed by atoms with Gasteiger partial charge < -0.3 is 21.3 Å². The first-order valence-electron chi connectivity index (χ1n) is 5.54. The van der Waals surface area contributed by atoms with Gasteiger partial charge in [0.05, 0.1) is 0 Å². The highest BCUT2D eigenvalue weighted by molar-refractivity contribution is 5.95. The van der Waals surface area contributed by atoms with Crippen LogP contribution in [0.5, 0.6) is 11.5 Å². The van der Waals surface area contributed by atoms with Crippen LogP contribution in [0, 0.1) is 5.92 Å². The third-order valence-electron chi connectivity index (χ3n) is 2.44. The average molecular weight is 238 g/mol. The first kappa shape index (κ1) is 13.3. The highest BCUT2D eigenvalue weighted by atomic mass is 16.3. The topological polar surface area (TPSA) is 95.6 Å². The maximum atomic E-state index is 11.7. The van der Waals surface area contributed by atoms with E-state index in [0.717, 1.165) is 6.42 Å². The van der Waals surface area contributed by atoms with E-state index >= 15 is 0 Å². The number of nitrogens with two attached hydrogens (primary N) is 1. The molecule has 0 aliphatic carbocycles. The molecule has 0 aromatic heterocycles. The number of phenolic OH excluding ortho intramolecular Hbond substituents is 2. The van der Waals surface area contributed by atoms with Crippen LogP contribution in [0.25, 0.3) is 0 Å². The van der Waals surface area contributed by atoms with Gasteiger partial charge in [-0.25, -0.2) is 0 Å². The number of benzene rings is 1. The molecular formula is C12H18N2O3. The molecule has 1 unspecified atom stereocenters. The molecule has 1 aromatic carbocycles. The zero-order valence-electron chi connectivity index (χ0n) is 9.81. The maximum Gasteiger partial charge on any atom is 0.251 e. The predicted molar refractivity (Wildman–Crippen MR) is 64.9 cm³/mol. The number of amides is 1. The quantitative estimate of drug-likeness (QED) is 0.610. The van der Waals surface area contributed by atoms with E-state index in [-0.39, 0.29) is 23.0 Å². The highest BCUT2D eigenvalue weighted by Gasteiger charge is 2.09. The molecule has 0 heterocycles. The summed E-state index contributed by atoms with van der Waals surface area (Å²) in [5.74, 6) is -0.287. The number of rotatable bonds is 5. The molecule has 94 valence electrons. The van der Waals surface area contributed by atoms with Gasteiger partial charge in [0.2, 0.25) is 0 Å². The fourth-order valence-corrected chi connectivity index (χ4v) is 1.48. The van der Waals surface area contributed by atoms with Crippen LogP contribution in [0.2, 0.25) is 0 Å². The van der Waals surface area contributed by atoms with E-state index in [9.17, 15) is 15.0 Å². The van der Waals surface area contributed by atoms with Crippen molar-refractivity contribution in [3.05, 3.63) is 23.8 Å². The lowest BCUT2D eigenvalue weighted by Crippen LogP contribution is -2.29. The smallest absolute Gasteiger partial charge is 0.251 e. The summed E-state index contributed by atoms with van der Waals surface area (Å²) in [6.07, 6.45) is 0.839. The van der Waals surface area contributed by atoms with Gasteiger partial charge in [-0.15, -0.1) is 0 Å². The van der Waals surface area contributed by atoms with Gasteiger partial charge >= 0.3 is 0 Å². The van der Waals surface area contributed by atoms with Crippen molar-refractivity contribution in [2.45, 2.75) is 13.3 Å². The van der Waals surface area contributed by atoms with E-state index < -0.39 is 0 Å². The lowest BCUT2D eigenvalue weighted by atomic mass is 10.1. The number of carbonyl (C=O) groups excluding carboxylic acids is 1. The predicted octanol–water partition coefficient (Wildman–Crippen LogP) is 0.812.